The largest absolute Gasteiger partial charge is 0.496 e. The number of benzene rings is 1. The van der Waals surface area contributed by atoms with Crippen LogP contribution < -0.4 is 10.1 Å². The van der Waals surface area contributed by atoms with Crippen molar-refractivity contribution in [3.05, 3.63) is 46.5 Å². The summed E-state index contributed by atoms with van der Waals surface area (Å²) >= 11 is 1.80. The highest BCUT2D eigenvalue weighted by atomic mass is 32.2. The molecule has 1 aromatic heterocycles. The van der Waals surface area contributed by atoms with Gasteiger partial charge in [0.2, 0.25) is 5.96 Å². The molecule has 2 unspecified atom stereocenters. The summed E-state index contributed by atoms with van der Waals surface area (Å²) in [4.78, 5) is 25.3. The highest BCUT2D eigenvalue weighted by Crippen LogP contribution is 2.47. The van der Waals surface area contributed by atoms with E-state index >= 15 is 0 Å². The van der Waals surface area contributed by atoms with Crippen LogP contribution in [0.5, 0.6) is 5.75 Å². The summed E-state index contributed by atoms with van der Waals surface area (Å²) in [6, 6.07) is 10.3. The van der Waals surface area contributed by atoms with Crippen LogP contribution in [-0.4, -0.2) is 70.0 Å². The molecule has 214 valence electrons. The fourth-order valence-corrected chi connectivity index (χ4v) is 6.66. The van der Waals surface area contributed by atoms with E-state index < -0.39 is 5.60 Å². The molecule has 3 aliphatic rings. The molecule has 0 radical (unpaired) electrons. The van der Waals surface area contributed by atoms with Gasteiger partial charge >= 0.3 is 6.09 Å². The molecule has 10 heteroatoms. The number of nitrogens with one attached hydrogen (secondary N) is 1. The number of aliphatic imine (C=N–C) groups is 2. The van der Waals surface area contributed by atoms with Crippen molar-refractivity contribution in [3.8, 4) is 5.75 Å². The SMILES string of the molecule is COc1ccccc1C1=C(C)SC2C=NC(Nc3cc(C4CCN(C(=O)OC(C)(C)C)CC4)nn3C(C)C)=NC12. The van der Waals surface area contributed by atoms with Crippen LogP contribution in [0.1, 0.15) is 77.6 Å². The van der Waals surface area contributed by atoms with Crippen molar-refractivity contribution in [1.82, 2.24) is 14.7 Å². The molecular formula is C30H40N6O3S. The van der Waals surface area contributed by atoms with Crippen molar-refractivity contribution >= 4 is 41.4 Å². The maximum Gasteiger partial charge on any atom is 0.410 e. The summed E-state index contributed by atoms with van der Waals surface area (Å²) in [7, 11) is 1.71. The van der Waals surface area contributed by atoms with Crippen molar-refractivity contribution in [3.63, 3.8) is 0 Å². The van der Waals surface area contributed by atoms with Gasteiger partial charge in [-0.25, -0.2) is 19.5 Å². The molecule has 40 heavy (non-hydrogen) atoms. The molecule has 1 aromatic carbocycles. The van der Waals surface area contributed by atoms with Crippen molar-refractivity contribution < 1.29 is 14.3 Å². The standard InChI is InChI=1S/C30H40N6O3S/c1-18(2)36-25(16-22(34-36)20-12-14-35(15-13-20)29(37)39-30(4,5)6)32-28-31-17-24-27(33-28)26(19(3)40-24)21-10-8-9-11-23(21)38-7/h8-11,16-18,20,24,27H,12-15H2,1-7H3,(H,32,33). The molecule has 1 saturated heterocycles. The van der Waals surface area contributed by atoms with Gasteiger partial charge in [-0.1, -0.05) is 18.2 Å². The Morgan fingerprint density at radius 1 is 1.18 bits per heavy atom. The van der Waals surface area contributed by atoms with Crippen LogP contribution in [0.15, 0.2) is 45.2 Å². The van der Waals surface area contributed by atoms with Gasteiger partial charge in [0.25, 0.3) is 0 Å². The zero-order valence-electron chi connectivity index (χ0n) is 24.5. The monoisotopic (exact) mass is 564 g/mol. The number of aromatic nitrogens is 2. The minimum atomic E-state index is -0.492. The number of amides is 1. The Morgan fingerprint density at radius 3 is 2.58 bits per heavy atom. The fourth-order valence-electron chi connectivity index (χ4n) is 5.44. The van der Waals surface area contributed by atoms with E-state index in [1.807, 2.05) is 49.9 Å². The minimum absolute atomic E-state index is 0.0478. The van der Waals surface area contributed by atoms with Gasteiger partial charge in [0.1, 0.15) is 17.2 Å². The van der Waals surface area contributed by atoms with Crippen molar-refractivity contribution in [2.45, 2.75) is 83.2 Å². The summed E-state index contributed by atoms with van der Waals surface area (Å²) in [5.41, 5.74) is 2.80. The fraction of sp³-hybridized carbons (Fsp3) is 0.533. The molecule has 1 amide bonds. The van der Waals surface area contributed by atoms with Crippen LogP contribution in [0.25, 0.3) is 5.57 Å². The van der Waals surface area contributed by atoms with Gasteiger partial charge in [-0.05, 0) is 70.9 Å². The molecule has 2 aromatic rings. The van der Waals surface area contributed by atoms with E-state index in [-0.39, 0.29) is 29.3 Å². The van der Waals surface area contributed by atoms with Gasteiger partial charge in [0.15, 0.2) is 0 Å². The molecule has 2 atom stereocenters. The second kappa shape index (κ2) is 11.3. The smallest absolute Gasteiger partial charge is 0.410 e. The number of piperidine rings is 1. The first-order valence-corrected chi connectivity index (χ1v) is 14.9. The van der Waals surface area contributed by atoms with Crippen LogP contribution >= 0.6 is 11.8 Å². The number of fused-ring (bicyclic) bond motifs is 1. The Bertz CT molecular complexity index is 1350. The molecule has 0 saturated carbocycles. The summed E-state index contributed by atoms with van der Waals surface area (Å²) in [5, 5.41) is 8.61. The van der Waals surface area contributed by atoms with Gasteiger partial charge in [0.05, 0.1) is 24.1 Å². The number of likely N-dealkylation sites (tertiary alicyclic amines) is 1. The normalized spacial score (nSPS) is 21.5. The van der Waals surface area contributed by atoms with Crippen LogP contribution in [-0.2, 0) is 4.74 Å². The topological polar surface area (TPSA) is 93.3 Å². The third-order valence-corrected chi connectivity index (χ3v) is 8.58. The number of methoxy groups -OCH3 is 1. The van der Waals surface area contributed by atoms with E-state index in [0.29, 0.717) is 19.0 Å². The van der Waals surface area contributed by atoms with E-state index in [1.54, 1.807) is 23.8 Å². The number of carbonyl (C=O) groups is 1. The number of nitrogens with zero attached hydrogens (tertiary/aromatic N) is 5. The first-order valence-electron chi connectivity index (χ1n) is 14.0. The Balaban J connectivity index is 1.33. The molecule has 0 spiro atoms. The highest BCUT2D eigenvalue weighted by Gasteiger charge is 2.37. The van der Waals surface area contributed by atoms with Gasteiger partial charge in [-0.15, -0.1) is 11.8 Å². The maximum atomic E-state index is 12.5. The molecular weight excluding hydrogens is 524 g/mol. The Hall–Kier alpha value is -3.27. The van der Waals surface area contributed by atoms with Gasteiger partial charge in [0, 0.05) is 42.9 Å². The highest BCUT2D eigenvalue weighted by molar-refractivity contribution is 8.04. The van der Waals surface area contributed by atoms with Crippen LogP contribution in [0.2, 0.25) is 0 Å². The average molecular weight is 565 g/mol. The molecule has 9 nitrogen and oxygen atoms in total. The van der Waals surface area contributed by atoms with Crippen molar-refractivity contribution in [2.75, 3.05) is 25.5 Å². The quantitative estimate of drug-likeness (QED) is 0.455. The lowest BCUT2D eigenvalue weighted by atomic mass is 9.94. The number of hydrogen-bond donors (Lipinski definition) is 1. The lowest BCUT2D eigenvalue weighted by Gasteiger charge is -2.32. The Morgan fingerprint density at radius 2 is 1.90 bits per heavy atom. The Kier molecular flexibility index (Phi) is 7.99. The Labute approximate surface area is 241 Å². The van der Waals surface area contributed by atoms with Gasteiger partial charge in [-0.3, -0.25) is 0 Å². The maximum absolute atomic E-state index is 12.5. The summed E-state index contributed by atoms with van der Waals surface area (Å²) in [6.07, 6.45) is 3.45. The minimum Gasteiger partial charge on any atom is -0.496 e. The predicted octanol–water partition coefficient (Wildman–Crippen LogP) is 6.35. The number of hydrogen-bond acceptors (Lipinski definition) is 8. The van der Waals surface area contributed by atoms with Crippen LogP contribution in [0.3, 0.4) is 0 Å². The third-order valence-electron chi connectivity index (χ3n) is 7.35. The second-order valence-corrected chi connectivity index (χ2v) is 13.2. The summed E-state index contributed by atoms with van der Waals surface area (Å²) < 4.78 is 13.2. The second-order valence-electron chi connectivity index (χ2n) is 11.8. The number of carbonyl (C=O) groups excluding carboxylic acids is 1. The zero-order valence-corrected chi connectivity index (χ0v) is 25.3. The molecule has 4 heterocycles. The summed E-state index contributed by atoms with van der Waals surface area (Å²) in [6.45, 7) is 13.4. The lowest BCUT2D eigenvalue weighted by molar-refractivity contribution is 0.0204. The van der Waals surface area contributed by atoms with Crippen molar-refractivity contribution in [2.24, 2.45) is 9.98 Å². The molecule has 5 rings (SSSR count). The number of anilines is 1. The molecule has 0 bridgehead atoms. The third kappa shape index (κ3) is 5.92. The number of guanidine groups is 1. The van der Waals surface area contributed by atoms with E-state index in [9.17, 15) is 4.79 Å². The number of rotatable bonds is 5. The van der Waals surface area contributed by atoms with E-state index in [2.05, 4.69) is 43.2 Å². The van der Waals surface area contributed by atoms with Gasteiger partial charge < -0.3 is 19.7 Å². The lowest BCUT2D eigenvalue weighted by Crippen LogP contribution is -2.41. The zero-order chi connectivity index (χ0) is 28.6. The number of thioether (sulfide) groups is 1. The first-order chi connectivity index (χ1) is 19.0. The van der Waals surface area contributed by atoms with Gasteiger partial charge in [-0.2, -0.15) is 5.10 Å². The molecule has 0 aliphatic carbocycles. The number of ether oxygens (including phenoxy) is 2. The molecule has 3 aliphatic heterocycles. The number of para-hydroxylation sites is 1. The summed E-state index contributed by atoms with van der Waals surface area (Å²) in [5.74, 6) is 2.58. The van der Waals surface area contributed by atoms with E-state index in [4.69, 9.17) is 19.6 Å². The first kappa shape index (κ1) is 28.3. The predicted molar refractivity (Wildman–Crippen MR) is 163 cm³/mol. The van der Waals surface area contributed by atoms with Crippen molar-refractivity contribution in [1.29, 1.82) is 0 Å². The van der Waals surface area contributed by atoms with E-state index in [1.165, 1.54) is 10.5 Å². The molecule has 1 N–H and O–H groups in total. The van der Waals surface area contributed by atoms with Crippen LogP contribution in [0.4, 0.5) is 10.6 Å². The van der Waals surface area contributed by atoms with E-state index in [0.717, 1.165) is 35.7 Å². The number of allylic oxidation sites excluding steroid dienone is 1. The average Bonchev–Trinajstić information content (AvgIpc) is 3.48. The van der Waals surface area contributed by atoms with Crippen LogP contribution in [0, 0.1) is 0 Å². The molecule has 1 fully saturated rings.